The average molecular weight is 338 g/mol. The van der Waals surface area contributed by atoms with E-state index in [9.17, 15) is 14.9 Å². The summed E-state index contributed by atoms with van der Waals surface area (Å²) in [5.41, 5.74) is 0.913. The molecule has 0 aliphatic carbocycles. The summed E-state index contributed by atoms with van der Waals surface area (Å²) in [5.74, 6) is 0.412. The number of anilines is 1. The molecule has 0 radical (unpaired) electrons. The van der Waals surface area contributed by atoms with Gasteiger partial charge in [0.2, 0.25) is 0 Å². The molecule has 1 heterocycles. The van der Waals surface area contributed by atoms with Crippen LogP contribution in [0, 0.1) is 10.1 Å². The number of carbonyl (C=O) groups excluding carboxylic acids is 1. The molecule has 126 valence electrons. The van der Waals surface area contributed by atoms with Crippen LogP contribution in [0.15, 0.2) is 65.1 Å². The number of amides is 1. The van der Waals surface area contributed by atoms with Crippen LogP contribution < -0.4 is 5.32 Å². The maximum atomic E-state index is 12.4. The van der Waals surface area contributed by atoms with Crippen molar-refractivity contribution in [2.75, 3.05) is 5.32 Å². The number of carbonyl (C=O) groups is 1. The molecule has 0 fully saturated rings. The van der Waals surface area contributed by atoms with Gasteiger partial charge < -0.3 is 14.8 Å². The van der Waals surface area contributed by atoms with Crippen LogP contribution in [-0.4, -0.2) is 15.9 Å². The number of furan rings is 1. The first-order chi connectivity index (χ1) is 12.1. The van der Waals surface area contributed by atoms with Crippen molar-refractivity contribution in [2.45, 2.75) is 6.61 Å². The molecule has 1 aromatic heterocycles. The van der Waals surface area contributed by atoms with Gasteiger partial charge in [0.1, 0.15) is 23.7 Å². The van der Waals surface area contributed by atoms with Crippen molar-refractivity contribution >= 4 is 17.3 Å². The number of aliphatic hydroxyl groups excluding tert-OH is 1. The Hall–Kier alpha value is -3.45. The van der Waals surface area contributed by atoms with Crippen LogP contribution in [0.2, 0.25) is 0 Å². The van der Waals surface area contributed by atoms with E-state index < -0.39 is 10.8 Å². The van der Waals surface area contributed by atoms with Crippen molar-refractivity contribution in [1.82, 2.24) is 0 Å². The highest BCUT2D eigenvalue weighted by molar-refractivity contribution is 6.07. The average Bonchev–Trinajstić information content (AvgIpc) is 3.11. The van der Waals surface area contributed by atoms with Crippen molar-refractivity contribution in [3.8, 4) is 11.3 Å². The lowest BCUT2D eigenvalue weighted by Crippen LogP contribution is -2.13. The Morgan fingerprint density at radius 3 is 2.64 bits per heavy atom. The van der Waals surface area contributed by atoms with Crippen molar-refractivity contribution in [2.24, 2.45) is 0 Å². The Labute approximate surface area is 142 Å². The van der Waals surface area contributed by atoms with Gasteiger partial charge in [-0.3, -0.25) is 14.9 Å². The van der Waals surface area contributed by atoms with Crippen LogP contribution in [0.1, 0.15) is 16.1 Å². The summed E-state index contributed by atoms with van der Waals surface area (Å²) in [4.78, 5) is 22.8. The number of aliphatic hydroxyl groups is 1. The van der Waals surface area contributed by atoms with Gasteiger partial charge in [-0.05, 0) is 30.3 Å². The van der Waals surface area contributed by atoms with E-state index >= 15 is 0 Å². The fraction of sp³-hybridized carbons (Fsp3) is 0.0556. The van der Waals surface area contributed by atoms with Crippen LogP contribution in [-0.2, 0) is 6.61 Å². The number of hydrogen-bond acceptors (Lipinski definition) is 5. The molecule has 7 nitrogen and oxygen atoms in total. The molecule has 0 unspecified atom stereocenters. The van der Waals surface area contributed by atoms with Gasteiger partial charge in [-0.2, -0.15) is 0 Å². The van der Waals surface area contributed by atoms with Crippen LogP contribution in [0.3, 0.4) is 0 Å². The van der Waals surface area contributed by atoms with Gasteiger partial charge in [0.25, 0.3) is 11.6 Å². The van der Waals surface area contributed by atoms with E-state index in [1.165, 1.54) is 18.2 Å². The van der Waals surface area contributed by atoms with Crippen molar-refractivity contribution in [3.05, 3.63) is 82.1 Å². The highest BCUT2D eigenvalue weighted by atomic mass is 16.6. The van der Waals surface area contributed by atoms with Gasteiger partial charge in [-0.15, -0.1) is 0 Å². The Kier molecular flexibility index (Phi) is 4.58. The molecular formula is C18H14N2O5. The zero-order chi connectivity index (χ0) is 17.8. The third-order valence-corrected chi connectivity index (χ3v) is 3.57. The number of para-hydroxylation sites is 1. The Bertz CT molecular complexity index is 932. The van der Waals surface area contributed by atoms with Gasteiger partial charge in [0, 0.05) is 17.3 Å². The molecule has 2 aromatic carbocycles. The number of nitro groups is 1. The van der Waals surface area contributed by atoms with Gasteiger partial charge in [0.15, 0.2) is 0 Å². The first-order valence-electron chi connectivity index (χ1n) is 7.43. The summed E-state index contributed by atoms with van der Waals surface area (Å²) >= 11 is 0. The molecule has 3 aromatic rings. The topological polar surface area (TPSA) is 106 Å². The second-order valence-electron chi connectivity index (χ2n) is 5.23. The third-order valence-electron chi connectivity index (χ3n) is 3.57. The Morgan fingerprint density at radius 2 is 1.92 bits per heavy atom. The second-order valence-corrected chi connectivity index (χ2v) is 5.23. The standard InChI is InChI=1S/C18H14N2O5/c21-11-14-8-9-17(25-14)12-4-3-5-13(10-12)19-18(22)15-6-1-2-7-16(15)20(23)24/h1-10,21H,11H2,(H,19,22). The van der Waals surface area contributed by atoms with Crippen LogP contribution >= 0.6 is 0 Å². The van der Waals surface area contributed by atoms with E-state index in [1.54, 1.807) is 42.5 Å². The molecule has 2 N–H and O–H groups in total. The smallest absolute Gasteiger partial charge is 0.282 e. The number of nitrogens with one attached hydrogen (secondary N) is 1. The minimum atomic E-state index is -0.593. The largest absolute Gasteiger partial charge is 0.459 e. The molecule has 25 heavy (non-hydrogen) atoms. The van der Waals surface area contributed by atoms with E-state index in [0.717, 1.165) is 0 Å². The van der Waals surface area contributed by atoms with Gasteiger partial charge >= 0.3 is 0 Å². The molecule has 0 saturated carbocycles. The van der Waals surface area contributed by atoms with Crippen molar-refractivity contribution in [1.29, 1.82) is 0 Å². The molecule has 0 aliphatic rings. The highest BCUT2D eigenvalue weighted by Crippen LogP contribution is 2.26. The predicted molar refractivity (Wildman–Crippen MR) is 91.1 cm³/mol. The van der Waals surface area contributed by atoms with Gasteiger partial charge in [-0.1, -0.05) is 24.3 Å². The normalized spacial score (nSPS) is 10.4. The Balaban J connectivity index is 1.85. The molecule has 1 amide bonds. The third kappa shape index (κ3) is 3.56. The monoisotopic (exact) mass is 338 g/mol. The first kappa shape index (κ1) is 16.4. The lowest BCUT2D eigenvalue weighted by Gasteiger charge is -2.07. The summed E-state index contributed by atoms with van der Waals surface area (Å²) in [7, 11) is 0. The Morgan fingerprint density at radius 1 is 1.12 bits per heavy atom. The maximum Gasteiger partial charge on any atom is 0.282 e. The lowest BCUT2D eigenvalue weighted by molar-refractivity contribution is -0.385. The second kappa shape index (κ2) is 6.98. The maximum absolute atomic E-state index is 12.4. The SMILES string of the molecule is O=C(Nc1cccc(-c2ccc(CO)o2)c1)c1ccccc1[N+](=O)[O-]. The molecule has 0 aliphatic heterocycles. The number of benzene rings is 2. The molecule has 0 saturated heterocycles. The number of rotatable bonds is 5. The zero-order valence-corrected chi connectivity index (χ0v) is 13.0. The minimum absolute atomic E-state index is 0.0153. The van der Waals surface area contributed by atoms with Crippen molar-refractivity contribution in [3.63, 3.8) is 0 Å². The predicted octanol–water partition coefficient (Wildman–Crippen LogP) is 3.60. The first-order valence-corrected chi connectivity index (χ1v) is 7.43. The van der Waals surface area contributed by atoms with Crippen LogP contribution in [0.5, 0.6) is 0 Å². The van der Waals surface area contributed by atoms with E-state index in [1.807, 2.05) is 0 Å². The lowest BCUT2D eigenvalue weighted by atomic mass is 10.1. The number of hydrogen-bond donors (Lipinski definition) is 2. The molecule has 0 bridgehead atoms. The highest BCUT2D eigenvalue weighted by Gasteiger charge is 2.19. The quantitative estimate of drug-likeness (QED) is 0.546. The molecule has 0 spiro atoms. The van der Waals surface area contributed by atoms with Crippen molar-refractivity contribution < 1.29 is 19.2 Å². The zero-order valence-electron chi connectivity index (χ0n) is 13.0. The van der Waals surface area contributed by atoms with E-state index in [0.29, 0.717) is 22.8 Å². The fourth-order valence-corrected chi connectivity index (χ4v) is 2.39. The molecule has 0 atom stereocenters. The molecular weight excluding hydrogens is 324 g/mol. The van der Waals surface area contributed by atoms with Gasteiger partial charge in [-0.25, -0.2) is 0 Å². The minimum Gasteiger partial charge on any atom is -0.459 e. The summed E-state index contributed by atoms with van der Waals surface area (Å²) in [6.07, 6.45) is 0. The van der Waals surface area contributed by atoms with E-state index in [2.05, 4.69) is 5.32 Å². The van der Waals surface area contributed by atoms with Crippen LogP contribution in [0.25, 0.3) is 11.3 Å². The van der Waals surface area contributed by atoms with E-state index in [4.69, 9.17) is 9.52 Å². The number of nitro benzene ring substituents is 1. The summed E-state index contributed by atoms with van der Waals surface area (Å²) in [6.45, 7) is -0.200. The summed E-state index contributed by atoms with van der Waals surface area (Å²) < 4.78 is 5.46. The molecule has 7 heteroatoms. The number of nitrogens with zero attached hydrogens (tertiary/aromatic N) is 1. The summed E-state index contributed by atoms with van der Waals surface area (Å²) in [6, 6.07) is 16.0. The van der Waals surface area contributed by atoms with Gasteiger partial charge in [0.05, 0.1) is 4.92 Å². The molecule has 3 rings (SSSR count). The fourth-order valence-electron chi connectivity index (χ4n) is 2.39. The summed E-state index contributed by atoms with van der Waals surface area (Å²) in [5, 5.41) is 22.8. The van der Waals surface area contributed by atoms with E-state index in [-0.39, 0.29) is 17.9 Å². The van der Waals surface area contributed by atoms with Crippen LogP contribution in [0.4, 0.5) is 11.4 Å².